The van der Waals surface area contributed by atoms with Crippen LogP contribution in [0.15, 0.2) is 71.6 Å². The molecule has 1 aliphatic rings. The largest absolute Gasteiger partial charge is 0.345 e. The third-order valence-electron chi connectivity index (χ3n) is 5.01. The maximum absolute atomic E-state index is 13.5. The van der Waals surface area contributed by atoms with Crippen LogP contribution in [-0.2, 0) is 16.4 Å². The van der Waals surface area contributed by atoms with E-state index in [0.29, 0.717) is 12.0 Å². The lowest BCUT2D eigenvalue weighted by Gasteiger charge is -2.15. The maximum Gasteiger partial charge on any atom is 0.261 e. The zero-order valence-electron chi connectivity index (χ0n) is 15.7. The van der Waals surface area contributed by atoms with E-state index in [0.717, 1.165) is 29.7 Å². The average molecular weight is 428 g/mol. The van der Waals surface area contributed by atoms with Gasteiger partial charge < -0.3 is 5.32 Å². The van der Waals surface area contributed by atoms with Crippen molar-refractivity contribution in [2.45, 2.75) is 23.8 Å². The summed E-state index contributed by atoms with van der Waals surface area (Å²) in [6, 6.07) is 14.7. The number of sulfonamides is 1. The van der Waals surface area contributed by atoms with Crippen molar-refractivity contribution in [3.63, 3.8) is 0 Å². The van der Waals surface area contributed by atoms with Crippen LogP contribution in [-0.4, -0.2) is 14.3 Å². The Morgan fingerprint density at radius 1 is 0.900 bits per heavy atom. The molecule has 0 aromatic heterocycles. The first-order valence-corrected chi connectivity index (χ1v) is 10.8. The van der Waals surface area contributed by atoms with E-state index in [1.807, 2.05) is 0 Å². The molecule has 1 atom stereocenters. The number of amides is 1. The number of carbonyl (C=O) groups excluding carboxylic acids is 1. The molecule has 1 aliphatic carbocycles. The molecular formula is C22H18F2N2O3S. The molecule has 154 valence electrons. The van der Waals surface area contributed by atoms with E-state index >= 15 is 0 Å². The average Bonchev–Trinajstić information content (AvgIpc) is 3.10. The lowest BCUT2D eigenvalue weighted by Crippen LogP contribution is -2.27. The number of hydrogen-bond acceptors (Lipinski definition) is 3. The predicted octanol–water partition coefficient (Wildman–Crippen LogP) is 4.18. The third-order valence-corrected chi connectivity index (χ3v) is 6.41. The van der Waals surface area contributed by atoms with Gasteiger partial charge in [0.05, 0.1) is 10.9 Å². The summed E-state index contributed by atoms with van der Waals surface area (Å²) in [5.74, 6) is -1.20. The second-order valence-corrected chi connectivity index (χ2v) is 8.73. The van der Waals surface area contributed by atoms with Crippen molar-refractivity contribution in [3.8, 4) is 0 Å². The normalized spacial score (nSPS) is 15.5. The first kappa shape index (κ1) is 20.0. The fraction of sp³-hybridized carbons (Fsp3) is 0.136. The van der Waals surface area contributed by atoms with Crippen molar-refractivity contribution in [2.75, 3.05) is 4.72 Å². The SMILES string of the molecule is O=C(NC1CCc2ccc(F)cc21)c1ccc(NS(=O)(=O)c2ccc(F)cc2)cc1. The highest BCUT2D eigenvalue weighted by Crippen LogP contribution is 2.31. The van der Waals surface area contributed by atoms with Crippen molar-refractivity contribution < 1.29 is 22.0 Å². The molecular weight excluding hydrogens is 410 g/mol. The van der Waals surface area contributed by atoms with Gasteiger partial charge >= 0.3 is 0 Å². The molecule has 3 aromatic rings. The first-order chi connectivity index (χ1) is 14.3. The topological polar surface area (TPSA) is 75.3 Å². The van der Waals surface area contributed by atoms with Crippen LogP contribution < -0.4 is 10.0 Å². The molecule has 3 aromatic carbocycles. The number of nitrogens with one attached hydrogen (secondary N) is 2. The summed E-state index contributed by atoms with van der Waals surface area (Å²) in [5, 5.41) is 2.90. The number of hydrogen-bond donors (Lipinski definition) is 2. The molecule has 0 saturated heterocycles. The quantitative estimate of drug-likeness (QED) is 0.640. The van der Waals surface area contributed by atoms with Crippen LogP contribution in [0.2, 0.25) is 0 Å². The van der Waals surface area contributed by atoms with Gasteiger partial charge in [-0.05, 0) is 84.6 Å². The van der Waals surface area contributed by atoms with Gasteiger partial charge in [0.15, 0.2) is 0 Å². The number of benzene rings is 3. The van der Waals surface area contributed by atoms with E-state index < -0.39 is 15.8 Å². The maximum atomic E-state index is 13.5. The van der Waals surface area contributed by atoms with E-state index in [4.69, 9.17) is 0 Å². The van der Waals surface area contributed by atoms with Gasteiger partial charge in [-0.1, -0.05) is 6.07 Å². The summed E-state index contributed by atoms with van der Waals surface area (Å²) in [7, 11) is -3.87. The molecule has 0 saturated carbocycles. The second kappa shape index (κ2) is 7.87. The molecule has 1 unspecified atom stereocenters. The minimum Gasteiger partial charge on any atom is -0.345 e. The van der Waals surface area contributed by atoms with Crippen LogP contribution in [0, 0.1) is 11.6 Å². The molecule has 0 fully saturated rings. The minimum atomic E-state index is -3.87. The fourth-order valence-corrected chi connectivity index (χ4v) is 4.54. The number of anilines is 1. The lowest BCUT2D eigenvalue weighted by molar-refractivity contribution is 0.0936. The summed E-state index contributed by atoms with van der Waals surface area (Å²) in [4.78, 5) is 12.5. The summed E-state index contributed by atoms with van der Waals surface area (Å²) in [5.41, 5.74) is 2.42. The van der Waals surface area contributed by atoms with Crippen molar-refractivity contribution in [1.29, 1.82) is 0 Å². The Hall–Kier alpha value is -3.26. The molecule has 1 amide bonds. The standard InChI is InChI=1S/C22H18F2N2O3S/c23-16-6-10-19(11-7-16)30(28,29)26-18-8-2-15(3-9-18)22(27)25-21-12-4-14-1-5-17(24)13-20(14)21/h1-3,5-11,13,21,26H,4,12H2,(H,25,27). The van der Waals surface area contributed by atoms with Gasteiger partial charge in [-0.3, -0.25) is 9.52 Å². The zero-order valence-corrected chi connectivity index (χ0v) is 16.5. The van der Waals surface area contributed by atoms with Gasteiger partial charge in [0.1, 0.15) is 11.6 Å². The lowest BCUT2D eigenvalue weighted by atomic mass is 10.1. The van der Waals surface area contributed by atoms with Gasteiger partial charge in [-0.2, -0.15) is 0 Å². The van der Waals surface area contributed by atoms with Crippen molar-refractivity contribution in [1.82, 2.24) is 5.32 Å². The van der Waals surface area contributed by atoms with Crippen molar-refractivity contribution in [3.05, 3.63) is 95.1 Å². The Morgan fingerprint density at radius 2 is 1.57 bits per heavy atom. The van der Waals surface area contributed by atoms with E-state index in [1.165, 1.54) is 48.5 Å². The van der Waals surface area contributed by atoms with Crippen LogP contribution in [0.25, 0.3) is 0 Å². The van der Waals surface area contributed by atoms with Crippen molar-refractivity contribution in [2.24, 2.45) is 0 Å². The number of aryl methyl sites for hydroxylation is 1. The third kappa shape index (κ3) is 4.18. The molecule has 0 bridgehead atoms. The van der Waals surface area contributed by atoms with Gasteiger partial charge in [0.2, 0.25) is 0 Å². The molecule has 0 aliphatic heterocycles. The van der Waals surface area contributed by atoms with Gasteiger partial charge in [0, 0.05) is 11.3 Å². The monoisotopic (exact) mass is 428 g/mol. The van der Waals surface area contributed by atoms with Crippen molar-refractivity contribution >= 4 is 21.6 Å². The summed E-state index contributed by atoms with van der Waals surface area (Å²) < 4.78 is 53.6. The zero-order chi connectivity index (χ0) is 21.3. The minimum absolute atomic E-state index is 0.0714. The number of rotatable bonds is 5. The van der Waals surface area contributed by atoms with Gasteiger partial charge in [0.25, 0.3) is 15.9 Å². The summed E-state index contributed by atoms with van der Waals surface area (Å²) in [6.07, 6.45) is 1.46. The van der Waals surface area contributed by atoms with Crippen LogP contribution in [0.5, 0.6) is 0 Å². The molecule has 4 rings (SSSR count). The highest BCUT2D eigenvalue weighted by Gasteiger charge is 2.25. The summed E-state index contributed by atoms with van der Waals surface area (Å²) >= 11 is 0. The fourth-order valence-electron chi connectivity index (χ4n) is 3.48. The Bertz CT molecular complexity index is 1190. The number of fused-ring (bicyclic) bond motifs is 1. The van der Waals surface area contributed by atoms with Gasteiger partial charge in [-0.25, -0.2) is 17.2 Å². The Labute approximate surface area is 172 Å². The molecule has 0 heterocycles. The van der Waals surface area contributed by atoms with Crippen LogP contribution in [0.1, 0.15) is 33.9 Å². The molecule has 0 radical (unpaired) electrons. The molecule has 5 nitrogen and oxygen atoms in total. The summed E-state index contributed by atoms with van der Waals surface area (Å²) in [6.45, 7) is 0. The number of carbonyl (C=O) groups is 1. The first-order valence-electron chi connectivity index (χ1n) is 9.29. The second-order valence-electron chi connectivity index (χ2n) is 7.04. The molecule has 2 N–H and O–H groups in total. The smallest absolute Gasteiger partial charge is 0.261 e. The molecule has 0 spiro atoms. The highest BCUT2D eigenvalue weighted by molar-refractivity contribution is 7.92. The Morgan fingerprint density at radius 3 is 2.27 bits per heavy atom. The van der Waals surface area contributed by atoms with Crippen LogP contribution in [0.3, 0.4) is 0 Å². The van der Waals surface area contributed by atoms with E-state index in [9.17, 15) is 22.0 Å². The predicted molar refractivity (Wildman–Crippen MR) is 109 cm³/mol. The molecule has 30 heavy (non-hydrogen) atoms. The molecule has 8 heteroatoms. The van der Waals surface area contributed by atoms with Crippen LogP contribution in [0.4, 0.5) is 14.5 Å². The van der Waals surface area contributed by atoms with E-state index in [2.05, 4.69) is 10.0 Å². The van der Waals surface area contributed by atoms with Gasteiger partial charge in [-0.15, -0.1) is 0 Å². The Balaban J connectivity index is 1.44. The van der Waals surface area contributed by atoms with E-state index in [-0.39, 0.29) is 28.3 Å². The Kier molecular flexibility index (Phi) is 5.26. The number of halogens is 2. The van der Waals surface area contributed by atoms with E-state index in [1.54, 1.807) is 6.07 Å². The highest BCUT2D eigenvalue weighted by atomic mass is 32.2. The van der Waals surface area contributed by atoms with Crippen LogP contribution >= 0.6 is 0 Å².